The second kappa shape index (κ2) is 7.56. The van der Waals surface area contributed by atoms with E-state index in [2.05, 4.69) is 6.07 Å². The first-order chi connectivity index (χ1) is 13.5. The summed E-state index contributed by atoms with van der Waals surface area (Å²) in [6, 6.07) is 14.0. The van der Waals surface area contributed by atoms with E-state index in [0.29, 0.717) is 37.7 Å². The van der Waals surface area contributed by atoms with E-state index < -0.39 is 0 Å². The lowest BCUT2D eigenvalue weighted by molar-refractivity contribution is 0.0297. The predicted octanol–water partition coefficient (Wildman–Crippen LogP) is 3.77. The maximum atomic E-state index is 13.3. The molecule has 6 heteroatoms. The fourth-order valence-corrected chi connectivity index (χ4v) is 3.45. The monoisotopic (exact) mass is 379 g/mol. The maximum Gasteiger partial charge on any atom is 0.272 e. The molecule has 28 heavy (non-hydrogen) atoms. The van der Waals surface area contributed by atoms with Crippen LogP contribution in [-0.4, -0.2) is 46.9 Å². The Morgan fingerprint density at radius 1 is 1.04 bits per heavy atom. The summed E-state index contributed by atoms with van der Waals surface area (Å²) in [5.41, 5.74) is 4.93. The molecule has 144 valence electrons. The van der Waals surface area contributed by atoms with Gasteiger partial charge < -0.3 is 9.64 Å². The zero-order chi connectivity index (χ0) is 19.7. The number of hydrogen-bond acceptors (Lipinski definition) is 3. The standard InChI is InChI=1S/C22H22FN3O2/c1-15-3-8-20(16(2)13-15)26-21(22(27)25-9-11-28-12-10-25)14-19(24-26)17-4-6-18(23)7-5-17/h3-8,13-14H,9-12H2,1-2H3. The first-order valence-electron chi connectivity index (χ1n) is 9.33. The minimum Gasteiger partial charge on any atom is -0.378 e. The fraction of sp³-hybridized carbons (Fsp3) is 0.273. The van der Waals surface area contributed by atoms with Crippen LogP contribution in [0.25, 0.3) is 16.9 Å². The molecule has 1 amide bonds. The number of morpholine rings is 1. The summed E-state index contributed by atoms with van der Waals surface area (Å²) >= 11 is 0. The molecular formula is C22H22FN3O2. The Morgan fingerprint density at radius 2 is 1.75 bits per heavy atom. The van der Waals surface area contributed by atoms with Crippen LogP contribution in [0.15, 0.2) is 48.5 Å². The topological polar surface area (TPSA) is 47.4 Å². The second-order valence-electron chi connectivity index (χ2n) is 7.03. The number of aromatic nitrogens is 2. The molecule has 5 nitrogen and oxygen atoms in total. The van der Waals surface area contributed by atoms with Crippen molar-refractivity contribution in [3.05, 3.63) is 71.2 Å². The van der Waals surface area contributed by atoms with E-state index in [9.17, 15) is 9.18 Å². The highest BCUT2D eigenvalue weighted by Crippen LogP contribution is 2.25. The molecule has 2 heterocycles. The third-order valence-corrected chi connectivity index (χ3v) is 4.95. The Bertz CT molecular complexity index is 1010. The summed E-state index contributed by atoms with van der Waals surface area (Å²) in [6.45, 7) is 6.22. The molecule has 1 aliphatic rings. The molecule has 0 spiro atoms. The number of aryl methyl sites for hydroxylation is 2. The number of amides is 1. The second-order valence-corrected chi connectivity index (χ2v) is 7.03. The van der Waals surface area contributed by atoms with Gasteiger partial charge in [0.05, 0.1) is 24.6 Å². The minimum absolute atomic E-state index is 0.0795. The van der Waals surface area contributed by atoms with Crippen molar-refractivity contribution in [1.82, 2.24) is 14.7 Å². The van der Waals surface area contributed by atoms with Crippen LogP contribution in [0.5, 0.6) is 0 Å². The molecule has 0 N–H and O–H groups in total. The highest BCUT2D eigenvalue weighted by Gasteiger charge is 2.24. The predicted molar refractivity (Wildman–Crippen MR) is 105 cm³/mol. The first kappa shape index (κ1) is 18.4. The molecule has 1 aliphatic heterocycles. The van der Waals surface area contributed by atoms with Gasteiger partial charge in [0.2, 0.25) is 0 Å². The van der Waals surface area contributed by atoms with Gasteiger partial charge in [-0.2, -0.15) is 5.10 Å². The molecule has 0 atom stereocenters. The molecule has 1 fully saturated rings. The smallest absolute Gasteiger partial charge is 0.272 e. The van der Waals surface area contributed by atoms with Crippen molar-refractivity contribution in [2.45, 2.75) is 13.8 Å². The van der Waals surface area contributed by atoms with Crippen LogP contribution in [0.4, 0.5) is 4.39 Å². The summed E-state index contributed by atoms with van der Waals surface area (Å²) < 4.78 is 20.4. The van der Waals surface area contributed by atoms with Crippen molar-refractivity contribution in [3.63, 3.8) is 0 Å². The van der Waals surface area contributed by atoms with Gasteiger partial charge in [-0.05, 0) is 55.8 Å². The van der Waals surface area contributed by atoms with Gasteiger partial charge in [-0.25, -0.2) is 9.07 Å². The van der Waals surface area contributed by atoms with Crippen LogP contribution in [0.2, 0.25) is 0 Å². The highest BCUT2D eigenvalue weighted by atomic mass is 19.1. The minimum atomic E-state index is -0.304. The lowest BCUT2D eigenvalue weighted by Gasteiger charge is -2.27. The fourth-order valence-electron chi connectivity index (χ4n) is 3.45. The van der Waals surface area contributed by atoms with Gasteiger partial charge in [0, 0.05) is 18.7 Å². The Balaban J connectivity index is 1.82. The van der Waals surface area contributed by atoms with Gasteiger partial charge in [-0.15, -0.1) is 0 Å². The molecule has 0 bridgehead atoms. The van der Waals surface area contributed by atoms with Crippen LogP contribution in [0.3, 0.4) is 0 Å². The normalized spacial score (nSPS) is 14.3. The zero-order valence-electron chi connectivity index (χ0n) is 16.0. The summed E-state index contributed by atoms with van der Waals surface area (Å²) in [5.74, 6) is -0.383. The van der Waals surface area contributed by atoms with E-state index in [1.54, 1.807) is 27.8 Å². The zero-order valence-corrected chi connectivity index (χ0v) is 16.0. The Kier molecular flexibility index (Phi) is 4.96. The molecule has 0 unspecified atom stereocenters. The number of halogens is 1. The SMILES string of the molecule is Cc1ccc(-n2nc(-c3ccc(F)cc3)cc2C(=O)N2CCOCC2)c(C)c1. The van der Waals surface area contributed by atoms with Crippen LogP contribution < -0.4 is 0 Å². The summed E-state index contributed by atoms with van der Waals surface area (Å²) in [7, 11) is 0. The number of nitrogens with zero attached hydrogens (tertiary/aromatic N) is 3. The van der Waals surface area contributed by atoms with Gasteiger partial charge >= 0.3 is 0 Å². The van der Waals surface area contributed by atoms with Crippen LogP contribution in [-0.2, 0) is 4.74 Å². The lowest BCUT2D eigenvalue weighted by Crippen LogP contribution is -2.41. The Labute approximate surface area is 163 Å². The Hall–Kier alpha value is -2.99. The number of ether oxygens (including phenoxy) is 1. The van der Waals surface area contributed by atoms with Crippen molar-refractivity contribution >= 4 is 5.91 Å². The molecule has 4 rings (SSSR count). The largest absolute Gasteiger partial charge is 0.378 e. The summed E-state index contributed by atoms with van der Waals surface area (Å²) in [6.07, 6.45) is 0. The van der Waals surface area contributed by atoms with E-state index >= 15 is 0 Å². The molecule has 1 aromatic heterocycles. The van der Waals surface area contributed by atoms with E-state index in [-0.39, 0.29) is 11.7 Å². The summed E-state index contributed by atoms with van der Waals surface area (Å²) in [5, 5.41) is 4.70. The van der Waals surface area contributed by atoms with E-state index in [1.165, 1.54) is 12.1 Å². The van der Waals surface area contributed by atoms with E-state index in [4.69, 9.17) is 9.84 Å². The van der Waals surface area contributed by atoms with Crippen LogP contribution in [0, 0.1) is 19.7 Å². The average Bonchev–Trinajstić information content (AvgIpc) is 3.13. The summed E-state index contributed by atoms with van der Waals surface area (Å²) in [4.78, 5) is 15.0. The molecule has 2 aromatic carbocycles. The molecule has 3 aromatic rings. The quantitative estimate of drug-likeness (QED) is 0.696. The maximum absolute atomic E-state index is 13.3. The molecule has 0 saturated carbocycles. The number of carbonyl (C=O) groups excluding carboxylic acids is 1. The molecular weight excluding hydrogens is 357 g/mol. The van der Waals surface area contributed by atoms with Gasteiger partial charge in [-0.3, -0.25) is 4.79 Å². The Morgan fingerprint density at radius 3 is 2.43 bits per heavy atom. The number of hydrogen-bond donors (Lipinski definition) is 0. The highest BCUT2D eigenvalue weighted by molar-refractivity contribution is 5.94. The third-order valence-electron chi connectivity index (χ3n) is 4.95. The lowest BCUT2D eigenvalue weighted by atomic mass is 10.1. The van der Waals surface area contributed by atoms with Gasteiger partial charge in [0.1, 0.15) is 11.5 Å². The van der Waals surface area contributed by atoms with Gasteiger partial charge in [0.25, 0.3) is 5.91 Å². The van der Waals surface area contributed by atoms with Gasteiger partial charge in [-0.1, -0.05) is 17.7 Å². The van der Waals surface area contributed by atoms with Crippen molar-refractivity contribution < 1.29 is 13.9 Å². The molecule has 1 saturated heterocycles. The molecule has 0 aliphatic carbocycles. The number of rotatable bonds is 3. The van der Waals surface area contributed by atoms with Gasteiger partial charge in [0.15, 0.2) is 0 Å². The van der Waals surface area contributed by atoms with Crippen molar-refractivity contribution in [1.29, 1.82) is 0 Å². The van der Waals surface area contributed by atoms with E-state index in [0.717, 1.165) is 22.4 Å². The van der Waals surface area contributed by atoms with Crippen LogP contribution >= 0.6 is 0 Å². The van der Waals surface area contributed by atoms with E-state index in [1.807, 2.05) is 26.0 Å². The van der Waals surface area contributed by atoms with Crippen molar-refractivity contribution in [2.75, 3.05) is 26.3 Å². The first-order valence-corrected chi connectivity index (χ1v) is 9.33. The van der Waals surface area contributed by atoms with Crippen molar-refractivity contribution in [2.24, 2.45) is 0 Å². The third kappa shape index (κ3) is 3.55. The number of benzene rings is 2. The van der Waals surface area contributed by atoms with Crippen LogP contribution in [0.1, 0.15) is 21.6 Å². The van der Waals surface area contributed by atoms with Crippen molar-refractivity contribution in [3.8, 4) is 16.9 Å². The average molecular weight is 379 g/mol. The molecule has 0 radical (unpaired) electrons. The number of carbonyl (C=O) groups is 1.